The molecule has 3 rings (SSSR count). The molecule has 1 aromatic carbocycles. The van der Waals surface area contributed by atoms with E-state index in [9.17, 15) is 5.11 Å². The SMILES string of the molecule is Cn1c(-c2ccc(Br)cc2O)nc2ncccc21. The summed E-state index contributed by atoms with van der Waals surface area (Å²) in [6, 6.07) is 9.19. The molecule has 0 bridgehead atoms. The molecule has 0 atom stereocenters. The van der Waals surface area contributed by atoms with Gasteiger partial charge in [0.05, 0.1) is 11.1 Å². The molecule has 0 aliphatic carbocycles. The number of aromatic hydroxyl groups is 1. The smallest absolute Gasteiger partial charge is 0.178 e. The van der Waals surface area contributed by atoms with Gasteiger partial charge in [0.2, 0.25) is 0 Å². The summed E-state index contributed by atoms with van der Waals surface area (Å²) in [6.45, 7) is 0. The van der Waals surface area contributed by atoms with Gasteiger partial charge in [0.1, 0.15) is 11.6 Å². The van der Waals surface area contributed by atoms with Crippen LogP contribution in [-0.2, 0) is 7.05 Å². The zero-order valence-corrected chi connectivity index (χ0v) is 11.2. The van der Waals surface area contributed by atoms with Gasteiger partial charge in [-0.05, 0) is 30.3 Å². The van der Waals surface area contributed by atoms with Gasteiger partial charge in [-0.15, -0.1) is 0 Å². The second-order valence-corrected chi connectivity index (χ2v) is 4.92. The van der Waals surface area contributed by atoms with Crippen LogP contribution in [0.2, 0.25) is 0 Å². The van der Waals surface area contributed by atoms with Crippen LogP contribution in [0.3, 0.4) is 0 Å². The van der Waals surface area contributed by atoms with Crippen molar-refractivity contribution in [2.45, 2.75) is 0 Å². The number of fused-ring (bicyclic) bond motifs is 1. The predicted molar refractivity (Wildman–Crippen MR) is 73.3 cm³/mol. The minimum atomic E-state index is 0.197. The van der Waals surface area contributed by atoms with E-state index in [1.54, 1.807) is 12.3 Å². The first-order chi connectivity index (χ1) is 8.66. The Morgan fingerprint density at radius 2 is 2.11 bits per heavy atom. The average Bonchev–Trinajstić information content (AvgIpc) is 2.68. The fraction of sp³-hybridized carbons (Fsp3) is 0.0769. The number of aryl methyl sites for hydroxylation is 1. The Balaban J connectivity index is 2.28. The van der Waals surface area contributed by atoms with E-state index in [2.05, 4.69) is 25.9 Å². The van der Waals surface area contributed by atoms with E-state index in [0.29, 0.717) is 17.0 Å². The number of rotatable bonds is 1. The van der Waals surface area contributed by atoms with Gasteiger partial charge in [0.25, 0.3) is 0 Å². The molecule has 4 nitrogen and oxygen atoms in total. The van der Waals surface area contributed by atoms with Crippen LogP contribution in [0.4, 0.5) is 0 Å². The lowest BCUT2D eigenvalue weighted by atomic mass is 10.2. The van der Waals surface area contributed by atoms with E-state index >= 15 is 0 Å². The molecule has 0 saturated carbocycles. The van der Waals surface area contributed by atoms with E-state index in [1.807, 2.05) is 35.9 Å². The third-order valence-electron chi connectivity index (χ3n) is 2.86. The molecule has 3 aromatic rings. The molecule has 0 unspecified atom stereocenters. The molecule has 0 aliphatic rings. The zero-order chi connectivity index (χ0) is 12.7. The molecule has 0 spiro atoms. The maximum atomic E-state index is 9.99. The first-order valence-electron chi connectivity index (χ1n) is 5.43. The van der Waals surface area contributed by atoms with Crippen molar-refractivity contribution in [1.82, 2.24) is 14.5 Å². The van der Waals surface area contributed by atoms with Crippen LogP contribution in [0, 0.1) is 0 Å². The lowest BCUT2D eigenvalue weighted by Gasteiger charge is -2.05. The van der Waals surface area contributed by atoms with E-state index in [0.717, 1.165) is 9.99 Å². The van der Waals surface area contributed by atoms with Gasteiger partial charge in [-0.1, -0.05) is 15.9 Å². The highest BCUT2D eigenvalue weighted by atomic mass is 79.9. The van der Waals surface area contributed by atoms with Crippen molar-refractivity contribution >= 4 is 27.1 Å². The second kappa shape index (κ2) is 4.10. The maximum absolute atomic E-state index is 9.99. The van der Waals surface area contributed by atoms with Crippen molar-refractivity contribution in [3.63, 3.8) is 0 Å². The molecule has 0 aliphatic heterocycles. The van der Waals surface area contributed by atoms with Gasteiger partial charge in [0, 0.05) is 17.7 Å². The number of hydrogen-bond acceptors (Lipinski definition) is 3. The van der Waals surface area contributed by atoms with Crippen LogP contribution in [0.5, 0.6) is 5.75 Å². The largest absolute Gasteiger partial charge is 0.507 e. The van der Waals surface area contributed by atoms with Gasteiger partial charge in [-0.2, -0.15) is 0 Å². The summed E-state index contributed by atoms with van der Waals surface area (Å²) in [5.74, 6) is 0.900. The monoisotopic (exact) mass is 303 g/mol. The number of phenols is 1. The Hall–Kier alpha value is -1.88. The molecule has 0 radical (unpaired) electrons. The Morgan fingerprint density at radius 1 is 1.28 bits per heavy atom. The van der Waals surface area contributed by atoms with Crippen molar-refractivity contribution in [2.24, 2.45) is 7.05 Å². The molecule has 5 heteroatoms. The fourth-order valence-corrected chi connectivity index (χ4v) is 2.31. The van der Waals surface area contributed by atoms with Crippen molar-refractivity contribution in [3.05, 3.63) is 41.0 Å². The van der Waals surface area contributed by atoms with Crippen LogP contribution >= 0.6 is 15.9 Å². The molecule has 2 aromatic heterocycles. The van der Waals surface area contributed by atoms with Gasteiger partial charge >= 0.3 is 0 Å². The molecule has 2 heterocycles. The number of pyridine rings is 1. The molecular formula is C13H10BrN3O. The van der Waals surface area contributed by atoms with Crippen molar-refractivity contribution < 1.29 is 5.11 Å². The van der Waals surface area contributed by atoms with Gasteiger partial charge in [-0.3, -0.25) is 0 Å². The molecule has 90 valence electrons. The molecule has 0 amide bonds. The van der Waals surface area contributed by atoms with Crippen LogP contribution < -0.4 is 0 Å². The van der Waals surface area contributed by atoms with Crippen molar-refractivity contribution in [3.8, 4) is 17.1 Å². The first-order valence-corrected chi connectivity index (χ1v) is 6.22. The maximum Gasteiger partial charge on any atom is 0.178 e. The third-order valence-corrected chi connectivity index (χ3v) is 3.35. The summed E-state index contributed by atoms with van der Waals surface area (Å²) >= 11 is 3.32. The van der Waals surface area contributed by atoms with Crippen molar-refractivity contribution in [2.75, 3.05) is 0 Å². The Kier molecular flexibility index (Phi) is 2.56. The quantitative estimate of drug-likeness (QED) is 0.751. The topological polar surface area (TPSA) is 50.9 Å². The number of hydrogen-bond donors (Lipinski definition) is 1. The lowest BCUT2D eigenvalue weighted by molar-refractivity contribution is 0.476. The Bertz CT molecular complexity index is 736. The summed E-state index contributed by atoms with van der Waals surface area (Å²) < 4.78 is 2.76. The number of aromatic nitrogens is 3. The Labute approximate surface area is 112 Å². The number of imidazole rings is 1. The van der Waals surface area contributed by atoms with Crippen molar-refractivity contribution in [1.29, 1.82) is 0 Å². The fourth-order valence-electron chi connectivity index (χ4n) is 1.96. The number of phenolic OH excluding ortho intramolecular Hbond substituents is 1. The van der Waals surface area contributed by atoms with E-state index in [-0.39, 0.29) is 5.75 Å². The minimum Gasteiger partial charge on any atom is -0.507 e. The molecule has 1 N–H and O–H groups in total. The van der Waals surface area contributed by atoms with E-state index in [4.69, 9.17) is 0 Å². The highest BCUT2D eigenvalue weighted by Crippen LogP contribution is 2.32. The molecule has 18 heavy (non-hydrogen) atoms. The Morgan fingerprint density at radius 3 is 2.83 bits per heavy atom. The van der Waals surface area contributed by atoms with Gasteiger partial charge in [0.15, 0.2) is 5.65 Å². The molecular weight excluding hydrogens is 294 g/mol. The number of nitrogens with zero attached hydrogens (tertiary/aromatic N) is 3. The summed E-state index contributed by atoms with van der Waals surface area (Å²) in [5.41, 5.74) is 2.31. The third kappa shape index (κ3) is 1.67. The summed E-state index contributed by atoms with van der Waals surface area (Å²) in [5, 5.41) is 9.99. The predicted octanol–water partition coefficient (Wildman–Crippen LogP) is 3.10. The molecule has 0 fully saturated rings. The lowest BCUT2D eigenvalue weighted by Crippen LogP contribution is -1.92. The van der Waals surface area contributed by atoms with E-state index < -0.39 is 0 Å². The van der Waals surface area contributed by atoms with E-state index in [1.165, 1.54) is 0 Å². The summed E-state index contributed by atoms with van der Waals surface area (Å²) in [7, 11) is 1.91. The minimum absolute atomic E-state index is 0.197. The van der Waals surface area contributed by atoms with Gasteiger partial charge < -0.3 is 9.67 Å². The first kappa shape index (κ1) is 11.2. The second-order valence-electron chi connectivity index (χ2n) is 4.00. The standard InChI is InChI=1S/C13H10BrN3O/c1-17-10-3-2-6-15-12(10)16-13(17)9-5-4-8(14)7-11(9)18/h2-7,18H,1H3. The highest BCUT2D eigenvalue weighted by Gasteiger charge is 2.13. The summed E-state index contributed by atoms with van der Waals surface area (Å²) in [6.07, 6.45) is 1.71. The highest BCUT2D eigenvalue weighted by molar-refractivity contribution is 9.10. The normalized spacial score (nSPS) is 11.0. The average molecular weight is 304 g/mol. The number of halogens is 1. The van der Waals surface area contributed by atoms with Crippen LogP contribution in [0.1, 0.15) is 0 Å². The summed E-state index contributed by atoms with van der Waals surface area (Å²) in [4.78, 5) is 8.66. The molecule has 0 saturated heterocycles. The number of benzene rings is 1. The van der Waals surface area contributed by atoms with Crippen LogP contribution in [-0.4, -0.2) is 19.6 Å². The van der Waals surface area contributed by atoms with Crippen LogP contribution in [0.25, 0.3) is 22.6 Å². The van der Waals surface area contributed by atoms with Gasteiger partial charge in [-0.25, -0.2) is 9.97 Å². The van der Waals surface area contributed by atoms with Crippen LogP contribution in [0.15, 0.2) is 41.0 Å². The zero-order valence-electron chi connectivity index (χ0n) is 9.63.